The molecular weight excluding hydrogens is 590 g/mol. The van der Waals surface area contributed by atoms with Gasteiger partial charge >= 0.3 is 13.0 Å². The summed E-state index contributed by atoms with van der Waals surface area (Å²) in [7, 11) is -5.38. The van der Waals surface area contributed by atoms with Crippen LogP contribution < -0.4 is 10.2 Å². The summed E-state index contributed by atoms with van der Waals surface area (Å²) in [6.07, 6.45) is 2.80. The molecule has 0 radical (unpaired) electrons. The van der Waals surface area contributed by atoms with Crippen molar-refractivity contribution in [2.24, 2.45) is 33.2 Å². The van der Waals surface area contributed by atoms with Crippen molar-refractivity contribution in [3.05, 3.63) is 36.4 Å². The van der Waals surface area contributed by atoms with Crippen LogP contribution in [0.4, 0.5) is 4.39 Å². The van der Waals surface area contributed by atoms with Crippen molar-refractivity contribution in [2.75, 3.05) is 12.9 Å². The van der Waals surface area contributed by atoms with E-state index in [1.807, 2.05) is 20.8 Å². The zero-order chi connectivity index (χ0) is 32.8. The number of alkyl halides is 1. The number of Topliss-reactive ketones (excluding diaryl/α,β-unsaturated/α-hetero) is 1. The maximum atomic E-state index is 15.1. The Balaban J connectivity index is 1.58. The normalized spacial score (nSPS) is 34.3. The third-order valence-corrected chi connectivity index (χ3v) is 11.7. The third kappa shape index (κ3) is 6.32. The lowest BCUT2D eigenvalue weighted by Crippen LogP contribution is -2.58. The second-order valence-electron chi connectivity index (χ2n) is 13.6. The topological polar surface area (TPSA) is 143 Å². The van der Waals surface area contributed by atoms with Crippen LogP contribution in [0.3, 0.4) is 0 Å². The Morgan fingerprint density at radius 2 is 2.00 bits per heavy atom. The zero-order valence-corrected chi connectivity index (χ0v) is 27.1. The largest absolute Gasteiger partial charge is 0.484 e. The Labute approximate surface area is 259 Å². The van der Waals surface area contributed by atoms with Crippen LogP contribution in [-0.4, -0.2) is 79.1 Å². The highest BCUT2D eigenvalue weighted by molar-refractivity contribution is 7.89. The molecule has 4 rings (SSSR count). The first-order chi connectivity index (χ1) is 20.4. The Hall–Kier alpha value is -2.77. The van der Waals surface area contributed by atoms with Crippen LogP contribution >= 0.6 is 0 Å². The Kier molecular flexibility index (Phi) is 9.46. The van der Waals surface area contributed by atoms with Gasteiger partial charge in [0, 0.05) is 10.8 Å². The highest BCUT2D eigenvalue weighted by Crippen LogP contribution is 2.62. The zero-order valence-electron chi connectivity index (χ0n) is 26.3. The maximum absolute atomic E-state index is 15.1. The summed E-state index contributed by atoms with van der Waals surface area (Å²) in [5.74, 6) is -1.21. The molecule has 2 saturated carbocycles. The number of ketones is 1. The molecule has 0 amide bonds. The first kappa shape index (κ1) is 34.1. The lowest BCUT2D eigenvalue weighted by Gasteiger charge is -2.60. The van der Waals surface area contributed by atoms with Crippen molar-refractivity contribution >= 4 is 40.5 Å². The van der Waals surface area contributed by atoms with Gasteiger partial charge in [0.15, 0.2) is 18.6 Å². The van der Waals surface area contributed by atoms with E-state index in [-0.39, 0.29) is 29.5 Å². The third-order valence-electron chi connectivity index (χ3n) is 10.7. The molecule has 44 heavy (non-hydrogen) atoms. The molecule has 2 N–H and O–H groups in total. The van der Waals surface area contributed by atoms with Crippen LogP contribution in [0.1, 0.15) is 72.3 Å². The average molecular weight is 635 g/mol. The second-order valence-corrected chi connectivity index (χ2v) is 15.5. The van der Waals surface area contributed by atoms with Gasteiger partial charge in [0.05, 0.1) is 18.6 Å². The van der Waals surface area contributed by atoms with Crippen LogP contribution in [0.5, 0.6) is 5.75 Å². The second kappa shape index (κ2) is 12.2. The van der Waals surface area contributed by atoms with E-state index in [0.29, 0.717) is 29.2 Å². The summed E-state index contributed by atoms with van der Waals surface area (Å²) in [6, 6.07) is 4.61. The molecule has 10 nitrogen and oxygen atoms in total. The Morgan fingerprint density at radius 1 is 1.32 bits per heavy atom. The summed E-state index contributed by atoms with van der Waals surface area (Å²) < 4.78 is 51.5. The van der Waals surface area contributed by atoms with E-state index in [9.17, 15) is 28.1 Å². The van der Waals surface area contributed by atoms with Crippen LogP contribution in [0.25, 0.3) is 0 Å². The van der Waals surface area contributed by atoms with Crippen LogP contribution in [-0.2, 0) is 24.3 Å². The predicted molar refractivity (Wildman–Crippen MR) is 166 cm³/mol. The first-order valence-corrected chi connectivity index (χ1v) is 16.9. The molecule has 0 unspecified atom stereocenters. The van der Waals surface area contributed by atoms with Gasteiger partial charge in [0.2, 0.25) is 10.0 Å². The van der Waals surface area contributed by atoms with Crippen molar-refractivity contribution in [3.63, 3.8) is 0 Å². The molecule has 13 heteroatoms. The minimum absolute atomic E-state index is 0.00841. The van der Waals surface area contributed by atoms with Gasteiger partial charge < -0.3 is 19.6 Å². The molecule has 2 bridgehead atoms. The van der Waals surface area contributed by atoms with Crippen LogP contribution in [0.15, 0.2) is 36.0 Å². The molecule has 3 aliphatic rings. The molecule has 1 heterocycles. The van der Waals surface area contributed by atoms with E-state index in [2.05, 4.69) is 18.6 Å². The average Bonchev–Trinajstić information content (AvgIpc) is 2.96. The van der Waals surface area contributed by atoms with Gasteiger partial charge in [-0.1, -0.05) is 39.8 Å². The van der Waals surface area contributed by atoms with Crippen molar-refractivity contribution < 1.29 is 42.0 Å². The van der Waals surface area contributed by atoms with Crippen LogP contribution in [0, 0.1) is 28.1 Å². The number of carbonyl (C=O) groups is 2. The number of esters is 1. The standard InChI is InChI=1S/C31H44BFN2O8S/c1-8-29(5)15-26(30(6)18-31(12-11-19(30)2,20(3)28(29)38)14-25(33)21(4)36)43-27(37)17-42-23-10-9-22-16-34-35(44(7,40)41)32(39)24(22)13-23/h8-10,13,16,19-20,25-26,28,38-39H,1,11-12,14-15,17-18H2,2-7H3/t19-,20+,25+,26-,28+,29-,30+,31-/m1/s1. The summed E-state index contributed by atoms with van der Waals surface area (Å²) in [6.45, 7) is 12.7. The van der Waals surface area contributed by atoms with Gasteiger partial charge in [-0.3, -0.25) is 4.79 Å². The van der Waals surface area contributed by atoms with Gasteiger partial charge in [-0.25, -0.2) is 21.9 Å². The number of fused-ring (bicyclic) bond motifs is 3. The van der Waals surface area contributed by atoms with E-state index in [4.69, 9.17) is 9.47 Å². The number of aliphatic hydroxyl groups is 1. The molecule has 0 aromatic heterocycles. The summed E-state index contributed by atoms with van der Waals surface area (Å²) >= 11 is 0. The molecule has 2 fully saturated rings. The lowest BCUT2D eigenvalue weighted by atomic mass is 9.47. The molecule has 0 spiro atoms. The number of hydrogen-bond acceptors (Lipinski definition) is 9. The number of halogens is 1. The fraction of sp³-hybridized carbons (Fsp3) is 0.645. The van der Waals surface area contributed by atoms with Gasteiger partial charge in [-0.2, -0.15) is 5.10 Å². The first-order valence-electron chi connectivity index (χ1n) is 15.0. The lowest BCUT2D eigenvalue weighted by molar-refractivity contribution is -0.192. The van der Waals surface area contributed by atoms with Crippen molar-refractivity contribution in [1.29, 1.82) is 0 Å². The fourth-order valence-electron chi connectivity index (χ4n) is 7.46. The smallest absolute Gasteiger partial charge is 0.482 e. The number of hydrogen-bond donors (Lipinski definition) is 2. The SMILES string of the molecule is C=C[C@]1(C)C[C@@H](OC(=O)COc2ccc3c(c2)B(O)N(S(C)(=O)=O)N=C3)[C@@]2(C)C[C@](C[C@H](F)C(C)=O)(CC[C@H]2C)[C@@H](C)[C@@H]1O. The van der Waals surface area contributed by atoms with Gasteiger partial charge in [-0.05, 0) is 79.4 Å². The number of carbonyl (C=O) groups excluding carboxylic acids is 2. The van der Waals surface area contributed by atoms with Gasteiger partial charge in [-0.15, -0.1) is 6.58 Å². The van der Waals surface area contributed by atoms with E-state index in [1.165, 1.54) is 19.2 Å². The molecule has 0 saturated heterocycles. The number of aliphatic hydroxyl groups excluding tert-OH is 1. The summed E-state index contributed by atoms with van der Waals surface area (Å²) in [4.78, 5) is 25.3. The number of nitrogens with zero attached hydrogens (tertiary/aromatic N) is 2. The Morgan fingerprint density at radius 3 is 2.61 bits per heavy atom. The number of hydrazone groups is 1. The van der Waals surface area contributed by atoms with Crippen molar-refractivity contribution in [2.45, 2.75) is 85.1 Å². The molecule has 8 atom stereocenters. The minimum atomic E-state index is -3.82. The molecule has 1 aliphatic heterocycles. The number of sulfonamides is 1. The maximum Gasteiger partial charge on any atom is 0.484 e. The van der Waals surface area contributed by atoms with Crippen molar-refractivity contribution in [1.82, 2.24) is 4.33 Å². The minimum Gasteiger partial charge on any atom is -0.482 e. The van der Waals surface area contributed by atoms with Crippen LogP contribution in [0.2, 0.25) is 0 Å². The molecular formula is C31H44BFN2O8S. The highest BCUT2D eigenvalue weighted by Gasteiger charge is 2.59. The van der Waals surface area contributed by atoms with E-state index >= 15 is 4.39 Å². The Bertz CT molecular complexity index is 1440. The highest BCUT2D eigenvalue weighted by atomic mass is 32.2. The van der Waals surface area contributed by atoms with Gasteiger partial charge in [0.25, 0.3) is 0 Å². The molecule has 1 aromatic rings. The monoisotopic (exact) mass is 634 g/mol. The van der Waals surface area contributed by atoms with E-state index in [0.717, 1.165) is 12.7 Å². The quantitative estimate of drug-likeness (QED) is 0.240. The fourth-order valence-corrected chi connectivity index (χ4v) is 8.16. The van der Waals surface area contributed by atoms with E-state index in [1.54, 1.807) is 18.2 Å². The van der Waals surface area contributed by atoms with Crippen molar-refractivity contribution in [3.8, 4) is 5.75 Å². The van der Waals surface area contributed by atoms with Gasteiger partial charge in [0.1, 0.15) is 11.9 Å². The molecule has 1 aromatic carbocycles. The molecule has 242 valence electrons. The summed E-state index contributed by atoms with van der Waals surface area (Å²) in [5, 5.41) is 26.0. The number of ether oxygens (including phenoxy) is 2. The summed E-state index contributed by atoms with van der Waals surface area (Å²) in [5.41, 5.74) is -1.39. The molecule has 2 aliphatic carbocycles. The predicted octanol–water partition coefficient (Wildman–Crippen LogP) is 3.00. The van der Waals surface area contributed by atoms with E-state index < -0.39 is 70.1 Å². The number of benzene rings is 1. The number of rotatable bonds is 9.